The molecule has 1 amide bonds. The molecule has 5 N–H and O–H groups in total. The summed E-state index contributed by atoms with van der Waals surface area (Å²) in [6.07, 6.45) is 2.15. The highest BCUT2D eigenvalue weighted by molar-refractivity contribution is 5.95. The van der Waals surface area contributed by atoms with Gasteiger partial charge in [0.1, 0.15) is 29.6 Å². The number of hydrogen-bond donors (Lipinski definition) is 4. The van der Waals surface area contributed by atoms with E-state index in [1.165, 1.54) is 23.4 Å². The van der Waals surface area contributed by atoms with Gasteiger partial charge in [0, 0.05) is 38.3 Å². The standard InChI is InChI=1S/C19H24FN7O2/c1-26(10-12-4-6-27(7-5-12)19(28)29)17-9-16(23-11-24-17)25-15-3-2-13(18(21)22)8-14(15)20/h2-3,8-9,11-12H,4-7,10H2,1H3,(H3,21,22)(H,28,29)(H,23,24,25). The molecule has 0 unspecified atom stereocenters. The van der Waals surface area contributed by atoms with E-state index in [9.17, 15) is 9.18 Å². The fraction of sp³-hybridized carbons (Fsp3) is 0.368. The lowest BCUT2D eigenvalue weighted by atomic mass is 9.96. The highest BCUT2D eigenvalue weighted by Gasteiger charge is 2.23. The third kappa shape index (κ3) is 5.09. The van der Waals surface area contributed by atoms with Crippen LogP contribution in [0.1, 0.15) is 18.4 Å². The Labute approximate surface area is 167 Å². The van der Waals surface area contributed by atoms with Crippen LogP contribution in [0.5, 0.6) is 0 Å². The Hall–Kier alpha value is -3.43. The number of carbonyl (C=O) groups is 1. The zero-order valence-electron chi connectivity index (χ0n) is 16.1. The number of amidine groups is 1. The van der Waals surface area contributed by atoms with E-state index in [4.69, 9.17) is 16.2 Å². The maximum Gasteiger partial charge on any atom is 0.407 e. The van der Waals surface area contributed by atoms with E-state index in [1.807, 2.05) is 11.9 Å². The molecular formula is C19H24FN7O2. The Balaban J connectivity index is 1.63. The first-order chi connectivity index (χ1) is 13.8. The van der Waals surface area contributed by atoms with Crippen molar-refractivity contribution < 1.29 is 14.3 Å². The minimum absolute atomic E-state index is 0.199. The van der Waals surface area contributed by atoms with Gasteiger partial charge in [-0.15, -0.1) is 0 Å². The van der Waals surface area contributed by atoms with Gasteiger partial charge in [-0.25, -0.2) is 19.2 Å². The van der Waals surface area contributed by atoms with E-state index < -0.39 is 11.9 Å². The quantitative estimate of drug-likeness (QED) is 0.432. The number of rotatable bonds is 6. The number of anilines is 3. The van der Waals surface area contributed by atoms with Gasteiger partial charge in [0.05, 0.1) is 5.69 Å². The fourth-order valence-electron chi connectivity index (χ4n) is 3.33. The molecule has 0 aliphatic carbocycles. The molecule has 154 valence electrons. The molecule has 0 saturated carbocycles. The van der Waals surface area contributed by atoms with Gasteiger partial charge in [0.15, 0.2) is 0 Å². The van der Waals surface area contributed by atoms with Crippen molar-refractivity contribution in [1.82, 2.24) is 14.9 Å². The highest BCUT2D eigenvalue weighted by atomic mass is 19.1. The first-order valence-corrected chi connectivity index (χ1v) is 9.25. The van der Waals surface area contributed by atoms with Gasteiger partial charge in [-0.05, 0) is 37.0 Å². The zero-order chi connectivity index (χ0) is 21.0. The molecule has 2 heterocycles. The van der Waals surface area contributed by atoms with Crippen LogP contribution in [0.3, 0.4) is 0 Å². The molecule has 0 spiro atoms. The molecule has 0 bridgehead atoms. The summed E-state index contributed by atoms with van der Waals surface area (Å²) >= 11 is 0. The molecule has 1 aromatic heterocycles. The van der Waals surface area contributed by atoms with E-state index in [-0.39, 0.29) is 11.5 Å². The molecule has 1 fully saturated rings. The SMILES string of the molecule is CN(CC1CCN(C(=O)O)CC1)c1cc(Nc2ccc(C(=N)N)cc2F)ncn1. The van der Waals surface area contributed by atoms with Crippen molar-refractivity contribution in [3.63, 3.8) is 0 Å². The summed E-state index contributed by atoms with van der Waals surface area (Å²) < 4.78 is 14.2. The third-order valence-corrected chi connectivity index (χ3v) is 5.00. The maximum absolute atomic E-state index is 14.2. The molecule has 0 radical (unpaired) electrons. The predicted octanol–water partition coefficient (Wildman–Crippen LogP) is 2.47. The molecule has 1 aliphatic heterocycles. The van der Waals surface area contributed by atoms with Crippen molar-refractivity contribution in [2.24, 2.45) is 11.7 Å². The molecule has 1 aromatic carbocycles. The third-order valence-electron chi connectivity index (χ3n) is 5.00. The average molecular weight is 401 g/mol. The Kier molecular flexibility index (Phi) is 6.10. The molecule has 0 atom stereocenters. The minimum Gasteiger partial charge on any atom is -0.465 e. The Morgan fingerprint density at radius 2 is 2.10 bits per heavy atom. The van der Waals surface area contributed by atoms with Crippen LogP contribution in [-0.2, 0) is 0 Å². The summed E-state index contributed by atoms with van der Waals surface area (Å²) in [4.78, 5) is 22.9. The normalized spacial score (nSPS) is 14.5. The smallest absolute Gasteiger partial charge is 0.407 e. The summed E-state index contributed by atoms with van der Waals surface area (Å²) in [5.74, 6) is 0.770. The number of piperidine rings is 1. The molecule has 10 heteroatoms. The minimum atomic E-state index is -0.869. The second-order valence-corrected chi connectivity index (χ2v) is 7.09. The van der Waals surface area contributed by atoms with Crippen molar-refractivity contribution in [3.8, 4) is 0 Å². The summed E-state index contributed by atoms with van der Waals surface area (Å²) in [5, 5.41) is 19.3. The van der Waals surface area contributed by atoms with E-state index in [2.05, 4.69) is 15.3 Å². The van der Waals surface area contributed by atoms with Crippen LogP contribution in [0.25, 0.3) is 0 Å². The van der Waals surface area contributed by atoms with Crippen LogP contribution >= 0.6 is 0 Å². The summed E-state index contributed by atoms with van der Waals surface area (Å²) in [7, 11) is 1.91. The van der Waals surface area contributed by atoms with Gasteiger partial charge in [-0.3, -0.25) is 5.41 Å². The van der Waals surface area contributed by atoms with E-state index in [0.29, 0.717) is 36.2 Å². The molecule has 1 saturated heterocycles. The second kappa shape index (κ2) is 8.72. The van der Waals surface area contributed by atoms with Gasteiger partial charge >= 0.3 is 6.09 Å². The number of nitrogens with zero attached hydrogens (tertiary/aromatic N) is 4. The number of halogens is 1. The zero-order valence-corrected chi connectivity index (χ0v) is 16.1. The topological polar surface area (TPSA) is 131 Å². The Morgan fingerprint density at radius 1 is 1.38 bits per heavy atom. The number of nitrogen functional groups attached to an aromatic ring is 1. The lowest BCUT2D eigenvalue weighted by molar-refractivity contribution is 0.125. The van der Waals surface area contributed by atoms with Crippen molar-refractivity contribution in [1.29, 1.82) is 5.41 Å². The average Bonchev–Trinajstić information content (AvgIpc) is 2.70. The molecule has 9 nitrogen and oxygen atoms in total. The van der Waals surface area contributed by atoms with Crippen LogP contribution in [0.2, 0.25) is 0 Å². The number of aromatic nitrogens is 2. The molecular weight excluding hydrogens is 377 g/mol. The predicted molar refractivity (Wildman–Crippen MR) is 108 cm³/mol. The van der Waals surface area contributed by atoms with Crippen molar-refractivity contribution in [2.75, 3.05) is 36.9 Å². The van der Waals surface area contributed by atoms with Crippen LogP contribution < -0.4 is 16.0 Å². The van der Waals surface area contributed by atoms with Gasteiger partial charge in [-0.1, -0.05) is 0 Å². The number of hydrogen-bond acceptors (Lipinski definition) is 6. The molecule has 2 aromatic rings. The first kappa shape index (κ1) is 20.3. The van der Waals surface area contributed by atoms with Crippen LogP contribution in [0.4, 0.5) is 26.5 Å². The maximum atomic E-state index is 14.2. The molecule has 3 rings (SSSR count). The van der Waals surface area contributed by atoms with Gasteiger partial charge in [0.2, 0.25) is 0 Å². The Morgan fingerprint density at radius 3 is 2.72 bits per heavy atom. The number of benzene rings is 1. The van der Waals surface area contributed by atoms with Gasteiger partial charge < -0.3 is 26.0 Å². The van der Waals surface area contributed by atoms with Crippen LogP contribution in [-0.4, -0.2) is 58.6 Å². The lowest BCUT2D eigenvalue weighted by Gasteiger charge is -2.32. The summed E-state index contributed by atoms with van der Waals surface area (Å²) in [6, 6.07) is 5.99. The van der Waals surface area contributed by atoms with Crippen LogP contribution in [0, 0.1) is 17.1 Å². The summed E-state index contributed by atoms with van der Waals surface area (Å²) in [5.41, 5.74) is 5.91. The number of amides is 1. The number of nitrogens with one attached hydrogen (secondary N) is 2. The van der Waals surface area contributed by atoms with Crippen molar-refractivity contribution >= 4 is 29.3 Å². The number of nitrogens with two attached hydrogens (primary N) is 1. The summed E-state index contributed by atoms with van der Waals surface area (Å²) in [6.45, 7) is 1.82. The Bertz CT molecular complexity index is 900. The largest absolute Gasteiger partial charge is 0.465 e. The van der Waals surface area contributed by atoms with Gasteiger partial charge in [0.25, 0.3) is 0 Å². The van der Waals surface area contributed by atoms with E-state index >= 15 is 0 Å². The van der Waals surface area contributed by atoms with Gasteiger partial charge in [-0.2, -0.15) is 0 Å². The van der Waals surface area contributed by atoms with E-state index in [1.54, 1.807) is 12.1 Å². The first-order valence-electron chi connectivity index (χ1n) is 9.25. The molecule has 1 aliphatic rings. The number of carboxylic acid groups (broad SMARTS) is 1. The second-order valence-electron chi connectivity index (χ2n) is 7.09. The molecule has 29 heavy (non-hydrogen) atoms. The monoisotopic (exact) mass is 401 g/mol. The van der Waals surface area contributed by atoms with Crippen molar-refractivity contribution in [2.45, 2.75) is 12.8 Å². The van der Waals surface area contributed by atoms with E-state index in [0.717, 1.165) is 19.4 Å². The highest BCUT2D eigenvalue weighted by Crippen LogP contribution is 2.24. The number of likely N-dealkylation sites (tertiary alicyclic amines) is 1. The fourth-order valence-corrected chi connectivity index (χ4v) is 3.33. The van der Waals surface area contributed by atoms with Crippen LogP contribution in [0.15, 0.2) is 30.6 Å². The lowest BCUT2D eigenvalue weighted by Crippen LogP contribution is -2.40. The van der Waals surface area contributed by atoms with Crippen molar-refractivity contribution in [3.05, 3.63) is 42.0 Å².